The van der Waals surface area contributed by atoms with Gasteiger partial charge in [-0.05, 0) is 12.8 Å². The molecular formula is C12H24N4O2. The lowest BCUT2D eigenvalue weighted by atomic mass is 9.94. The standard InChI is InChI=1S/C12H24N4O2/c1-12(2,3)11(17)14-9-4-6-16(7-5-9)8-10(13)15-18/h9,18H,4-8H2,1-3H3,(H2,13,15)(H,14,17). The molecule has 0 bridgehead atoms. The number of nitrogens with two attached hydrogens (primary N) is 1. The maximum absolute atomic E-state index is 11.8. The van der Waals surface area contributed by atoms with Gasteiger partial charge in [0.2, 0.25) is 5.91 Å². The van der Waals surface area contributed by atoms with E-state index in [1.54, 1.807) is 0 Å². The number of rotatable bonds is 3. The molecule has 0 aromatic rings. The van der Waals surface area contributed by atoms with Gasteiger partial charge in [0, 0.05) is 24.5 Å². The maximum Gasteiger partial charge on any atom is 0.225 e. The van der Waals surface area contributed by atoms with Crippen molar-refractivity contribution < 1.29 is 10.0 Å². The molecule has 1 saturated heterocycles. The Hall–Kier alpha value is -1.30. The van der Waals surface area contributed by atoms with Crippen LogP contribution in [0, 0.1) is 5.41 Å². The Morgan fingerprint density at radius 1 is 1.44 bits per heavy atom. The van der Waals surface area contributed by atoms with Gasteiger partial charge in [-0.15, -0.1) is 0 Å². The number of carbonyl (C=O) groups is 1. The van der Waals surface area contributed by atoms with Crippen molar-refractivity contribution in [3.05, 3.63) is 0 Å². The number of oxime groups is 1. The van der Waals surface area contributed by atoms with E-state index < -0.39 is 0 Å². The number of piperidine rings is 1. The molecule has 18 heavy (non-hydrogen) atoms. The van der Waals surface area contributed by atoms with E-state index >= 15 is 0 Å². The molecule has 104 valence electrons. The molecule has 1 aliphatic heterocycles. The fourth-order valence-corrected chi connectivity index (χ4v) is 1.90. The summed E-state index contributed by atoms with van der Waals surface area (Å²) in [5, 5.41) is 14.5. The van der Waals surface area contributed by atoms with E-state index in [-0.39, 0.29) is 23.2 Å². The van der Waals surface area contributed by atoms with Gasteiger partial charge in [-0.1, -0.05) is 25.9 Å². The quantitative estimate of drug-likeness (QED) is 0.294. The van der Waals surface area contributed by atoms with Crippen molar-refractivity contribution in [3.63, 3.8) is 0 Å². The van der Waals surface area contributed by atoms with Crippen LogP contribution in [0.4, 0.5) is 0 Å². The molecule has 1 amide bonds. The molecule has 1 rings (SSSR count). The van der Waals surface area contributed by atoms with Gasteiger partial charge in [0.25, 0.3) is 0 Å². The van der Waals surface area contributed by atoms with Gasteiger partial charge in [0.1, 0.15) is 0 Å². The minimum atomic E-state index is -0.342. The summed E-state index contributed by atoms with van der Waals surface area (Å²) in [7, 11) is 0. The summed E-state index contributed by atoms with van der Waals surface area (Å²) in [4.78, 5) is 14.0. The summed E-state index contributed by atoms with van der Waals surface area (Å²) in [6.45, 7) is 7.93. The highest BCUT2D eigenvalue weighted by atomic mass is 16.4. The summed E-state index contributed by atoms with van der Waals surface area (Å²) in [5.74, 6) is 0.324. The fraction of sp³-hybridized carbons (Fsp3) is 0.833. The summed E-state index contributed by atoms with van der Waals surface area (Å²) in [6.07, 6.45) is 1.81. The molecule has 0 atom stereocenters. The van der Waals surface area contributed by atoms with Crippen LogP contribution in [-0.4, -0.2) is 47.5 Å². The van der Waals surface area contributed by atoms with Crippen molar-refractivity contribution in [2.45, 2.75) is 39.7 Å². The summed E-state index contributed by atoms with van der Waals surface area (Å²) >= 11 is 0. The molecule has 1 fully saturated rings. The highest BCUT2D eigenvalue weighted by molar-refractivity contribution is 5.82. The van der Waals surface area contributed by atoms with E-state index in [2.05, 4.69) is 15.4 Å². The Kier molecular flexibility index (Phi) is 4.95. The van der Waals surface area contributed by atoms with Gasteiger partial charge in [-0.25, -0.2) is 0 Å². The number of hydrogen-bond donors (Lipinski definition) is 3. The first-order valence-electron chi connectivity index (χ1n) is 6.32. The van der Waals surface area contributed by atoms with E-state index in [0.29, 0.717) is 6.54 Å². The second kappa shape index (κ2) is 6.04. The van der Waals surface area contributed by atoms with E-state index in [1.165, 1.54) is 0 Å². The average Bonchev–Trinajstić information content (AvgIpc) is 2.30. The number of nitrogens with one attached hydrogen (secondary N) is 1. The largest absolute Gasteiger partial charge is 0.409 e. The van der Waals surface area contributed by atoms with Crippen LogP contribution in [-0.2, 0) is 4.79 Å². The predicted molar refractivity (Wildman–Crippen MR) is 70.5 cm³/mol. The summed E-state index contributed by atoms with van der Waals surface area (Å²) in [6, 6.07) is 0.236. The van der Waals surface area contributed by atoms with Crippen LogP contribution in [0.1, 0.15) is 33.6 Å². The zero-order valence-electron chi connectivity index (χ0n) is 11.4. The predicted octanol–water partition coefficient (Wildman–Crippen LogP) is 0.360. The lowest BCUT2D eigenvalue weighted by molar-refractivity contribution is -0.129. The van der Waals surface area contributed by atoms with Gasteiger partial charge in [0.15, 0.2) is 5.84 Å². The third kappa shape index (κ3) is 4.52. The monoisotopic (exact) mass is 256 g/mol. The van der Waals surface area contributed by atoms with Crippen molar-refractivity contribution in [3.8, 4) is 0 Å². The second-order valence-electron chi connectivity index (χ2n) is 5.87. The Morgan fingerprint density at radius 2 is 2.00 bits per heavy atom. The average molecular weight is 256 g/mol. The van der Waals surface area contributed by atoms with Crippen LogP contribution in [0.3, 0.4) is 0 Å². The molecule has 6 heteroatoms. The number of carbonyl (C=O) groups excluding carboxylic acids is 1. The Balaban J connectivity index is 2.34. The highest BCUT2D eigenvalue weighted by Gasteiger charge is 2.26. The zero-order valence-corrected chi connectivity index (χ0v) is 11.4. The maximum atomic E-state index is 11.8. The van der Waals surface area contributed by atoms with Crippen LogP contribution in [0.5, 0.6) is 0 Å². The van der Waals surface area contributed by atoms with Gasteiger partial charge >= 0.3 is 0 Å². The molecule has 0 aromatic heterocycles. The topological polar surface area (TPSA) is 91.0 Å². The van der Waals surface area contributed by atoms with E-state index in [0.717, 1.165) is 25.9 Å². The molecule has 6 nitrogen and oxygen atoms in total. The van der Waals surface area contributed by atoms with E-state index in [4.69, 9.17) is 10.9 Å². The minimum Gasteiger partial charge on any atom is -0.409 e. The smallest absolute Gasteiger partial charge is 0.225 e. The lowest BCUT2D eigenvalue weighted by Crippen LogP contribution is -2.49. The van der Waals surface area contributed by atoms with Gasteiger partial charge in [-0.3, -0.25) is 9.69 Å². The van der Waals surface area contributed by atoms with Gasteiger partial charge < -0.3 is 16.3 Å². The van der Waals surface area contributed by atoms with Crippen LogP contribution in [0.15, 0.2) is 5.16 Å². The Bertz CT molecular complexity index is 315. The van der Waals surface area contributed by atoms with Gasteiger partial charge in [-0.2, -0.15) is 0 Å². The van der Waals surface area contributed by atoms with Crippen molar-refractivity contribution in [1.29, 1.82) is 0 Å². The zero-order chi connectivity index (χ0) is 13.8. The molecule has 0 radical (unpaired) electrons. The van der Waals surface area contributed by atoms with E-state index in [9.17, 15) is 4.79 Å². The molecule has 0 spiro atoms. The van der Waals surface area contributed by atoms with E-state index in [1.807, 2.05) is 20.8 Å². The first-order chi connectivity index (χ1) is 8.32. The Labute approximate surface area is 108 Å². The SMILES string of the molecule is CC(C)(C)C(=O)NC1CCN(CC(N)=NO)CC1. The molecule has 1 heterocycles. The summed E-state index contributed by atoms with van der Waals surface area (Å²) in [5.41, 5.74) is 5.12. The lowest BCUT2D eigenvalue weighted by Gasteiger charge is -2.33. The third-order valence-corrected chi connectivity index (χ3v) is 3.12. The van der Waals surface area contributed by atoms with Gasteiger partial charge in [0.05, 0.1) is 6.54 Å². The van der Waals surface area contributed by atoms with Crippen LogP contribution < -0.4 is 11.1 Å². The van der Waals surface area contributed by atoms with Crippen LogP contribution in [0.2, 0.25) is 0 Å². The number of amidine groups is 1. The van der Waals surface area contributed by atoms with Crippen LogP contribution in [0.25, 0.3) is 0 Å². The summed E-state index contributed by atoms with van der Waals surface area (Å²) < 4.78 is 0. The Morgan fingerprint density at radius 3 is 2.44 bits per heavy atom. The first-order valence-corrected chi connectivity index (χ1v) is 6.32. The van der Waals surface area contributed by atoms with Crippen molar-refractivity contribution >= 4 is 11.7 Å². The number of amides is 1. The fourth-order valence-electron chi connectivity index (χ4n) is 1.90. The van der Waals surface area contributed by atoms with Crippen molar-refractivity contribution in [2.24, 2.45) is 16.3 Å². The molecule has 0 saturated carbocycles. The van der Waals surface area contributed by atoms with Crippen molar-refractivity contribution in [2.75, 3.05) is 19.6 Å². The molecule has 0 unspecified atom stereocenters. The molecule has 0 aromatic carbocycles. The van der Waals surface area contributed by atoms with Crippen molar-refractivity contribution in [1.82, 2.24) is 10.2 Å². The normalized spacial score (nSPS) is 19.8. The second-order valence-corrected chi connectivity index (χ2v) is 5.87. The van der Waals surface area contributed by atoms with Crippen LogP contribution >= 0.6 is 0 Å². The first kappa shape index (κ1) is 14.8. The number of hydrogen-bond acceptors (Lipinski definition) is 4. The number of nitrogens with zero attached hydrogens (tertiary/aromatic N) is 2. The number of likely N-dealkylation sites (tertiary alicyclic amines) is 1. The molecule has 0 aliphatic carbocycles. The molecular weight excluding hydrogens is 232 g/mol. The third-order valence-electron chi connectivity index (χ3n) is 3.12. The molecule has 4 N–H and O–H groups in total. The molecule has 1 aliphatic rings. The minimum absolute atomic E-state index is 0.0948. The highest BCUT2D eigenvalue weighted by Crippen LogP contribution is 2.16.